The Morgan fingerprint density at radius 2 is 2.12 bits per heavy atom. The van der Waals surface area contributed by atoms with Crippen molar-refractivity contribution in [1.29, 1.82) is 0 Å². The van der Waals surface area contributed by atoms with Crippen molar-refractivity contribution < 1.29 is 5.11 Å². The van der Waals surface area contributed by atoms with Crippen LogP contribution < -0.4 is 5.32 Å². The molecule has 86 valence electrons. The summed E-state index contributed by atoms with van der Waals surface area (Å²) in [7, 11) is 0. The van der Waals surface area contributed by atoms with Crippen molar-refractivity contribution in [2.45, 2.75) is 19.4 Å². The van der Waals surface area contributed by atoms with Crippen LogP contribution in [0.15, 0.2) is 30.5 Å². The van der Waals surface area contributed by atoms with Gasteiger partial charge in [0, 0.05) is 11.6 Å². The second-order valence-corrected chi connectivity index (χ2v) is 4.46. The number of terminal acetylenes is 1. The molecule has 2 N–H and O–H groups in total. The van der Waals surface area contributed by atoms with Crippen molar-refractivity contribution >= 4 is 16.6 Å². The van der Waals surface area contributed by atoms with Gasteiger partial charge in [0.2, 0.25) is 0 Å². The number of rotatable bonds is 2. The topological polar surface area (TPSA) is 45.2 Å². The van der Waals surface area contributed by atoms with Crippen LogP contribution >= 0.6 is 0 Å². The molecule has 0 radical (unpaired) electrons. The minimum atomic E-state index is -0.479. The summed E-state index contributed by atoms with van der Waals surface area (Å²) in [5.74, 6) is 3.55. The van der Waals surface area contributed by atoms with E-state index in [1.165, 1.54) is 0 Å². The summed E-state index contributed by atoms with van der Waals surface area (Å²) in [4.78, 5) is 4.26. The minimum Gasteiger partial charge on any atom is -0.508 e. The van der Waals surface area contributed by atoms with E-state index in [1.54, 1.807) is 18.3 Å². The van der Waals surface area contributed by atoms with Crippen molar-refractivity contribution in [2.24, 2.45) is 0 Å². The van der Waals surface area contributed by atoms with Crippen LogP contribution in [0.5, 0.6) is 5.75 Å². The number of nitrogens with one attached hydrogen (secondary N) is 1. The third kappa shape index (κ3) is 2.31. The zero-order valence-electron chi connectivity index (χ0n) is 9.86. The largest absolute Gasteiger partial charge is 0.508 e. The first kappa shape index (κ1) is 11.3. The normalized spacial score (nSPS) is 11.1. The van der Waals surface area contributed by atoms with Crippen LogP contribution in [0.3, 0.4) is 0 Å². The average molecular weight is 226 g/mol. The summed E-state index contributed by atoms with van der Waals surface area (Å²) >= 11 is 0. The lowest BCUT2D eigenvalue weighted by molar-refractivity contribution is 0.476. The van der Waals surface area contributed by atoms with Gasteiger partial charge in [0.05, 0.1) is 5.54 Å². The first-order chi connectivity index (χ1) is 8.02. The fourth-order valence-electron chi connectivity index (χ4n) is 1.59. The zero-order chi connectivity index (χ0) is 12.5. The lowest BCUT2D eigenvalue weighted by atomic mass is 10.1. The smallest absolute Gasteiger partial charge is 0.135 e. The Balaban J connectivity index is 2.55. The number of hydrogen-bond donors (Lipinski definition) is 2. The van der Waals surface area contributed by atoms with E-state index >= 15 is 0 Å². The fourth-order valence-corrected chi connectivity index (χ4v) is 1.59. The molecule has 0 fully saturated rings. The Morgan fingerprint density at radius 3 is 2.82 bits per heavy atom. The first-order valence-corrected chi connectivity index (χ1v) is 5.35. The predicted octanol–water partition coefficient (Wildman–Crippen LogP) is 2.76. The molecule has 17 heavy (non-hydrogen) atoms. The number of nitrogens with zero attached hydrogens (tertiary/aromatic N) is 1. The molecule has 0 saturated heterocycles. The number of aromatic nitrogens is 1. The number of fused-ring (bicyclic) bond motifs is 1. The van der Waals surface area contributed by atoms with Crippen LogP contribution in [0.2, 0.25) is 0 Å². The van der Waals surface area contributed by atoms with Gasteiger partial charge >= 0.3 is 0 Å². The third-order valence-electron chi connectivity index (χ3n) is 2.54. The molecule has 2 rings (SSSR count). The van der Waals surface area contributed by atoms with Crippen LogP contribution in [0.1, 0.15) is 13.8 Å². The molecular weight excluding hydrogens is 212 g/mol. The quantitative estimate of drug-likeness (QED) is 0.774. The van der Waals surface area contributed by atoms with Gasteiger partial charge < -0.3 is 10.4 Å². The third-order valence-corrected chi connectivity index (χ3v) is 2.54. The Labute approximate surface area is 101 Å². The number of benzene rings is 1. The van der Waals surface area contributed by atoms with E-state index in [1.807, 2.05) is 26.0 Å². The first-order valence-electron chi connectivity index (χ1n) is 5.35. The van der Waals surface area contributed by atoms with E-state index in [2.05, 4.69) is 16.2 Å². The second-order valence-electron chi connectivity index (χ2n) is 4.46. The lowest BCUT2D eigenvalue weighted by Gasteiger charge is -2.21. The average Bonchev–Trinajstić information content (AvgIpc) is 2.30. The van der Waals surface area contributed by atoms with E-state index < -0.39 is 5.54 Å². The maximum absolute atomic E-state index is 9.51. The highest BCUT2D eigenvalue weighted by Crippen LogP contribution is 2.26. The molecule has 3 nitrogen and oxygen atoms in total. The molecule has 0 aliphatic rings. The van der Waals surface area contributed by atoms with E-state index in [0.29, 0.717) is 5.82 Å². The minimum absolute atomic E-state index is 0.215. The van der Waals surface area contributed by atoms with Gasteiger partial charge in [-0.1, -0.05) is 12.0 Å². The highest BCUT2D eigenvalue weighted by atomic mass is 16.3. The molecule has 1 heterocycles. The predicted molar refractivity (Wildman–Crippen MR) is 69.9 cm³/mol. The molecule has 0 amide bonds. The molecule has 0 aliphatic heterocycles. The molecule has 3 heteroatoms. The van der Waals surface area contributed by atoms with Crippen LogP contribution in [0.25, 0.3) is 10.8 Å². The van der Waals surface area contributed by atoms with Gasteiger partial charge in [-0.3, -0.25) is 0 Å². The molecule has 2 aromatic rings. The van der Waals surface area contributed by atoms with Gasteiger partial charge in [0.15, 0.2) is 0 Å². The fraction of sp³-hybridized carbons (Fsp3) is 0.214. The van der Waals surface area contributed by atoms with Crippen molar-refractivity contribution in [3.8, 4) is 18.1 Å². The SMILES string of the molecule is C#CC(C)(C)Nc1nccc2ccc(O)cc12. The monoisotopic (exact) mass is 226 g/mol. The van der Waals surface area contributed by atoms with E-state index in [0.717, 1.165) is 10.8 Å². The molecular formula is C14H14N2O. The number of phenolic OH excluding ortho intramolecular Hbond substituents is 1. The van der Waals surface area contributed by atoms with Gasteiger partial charge in [0.25, 0.3) is 0 Å². The van der Waals surface area contributed by atoms with Crippen LogP contribution in [0, 0.1) is 12.3 Å². The number of anilines is 1. The summed E-state index contributed by atoms with van der Waals surface area (Å²) in [6.07, 6.45) is 7.16. The number of phenols is 1. The van der Waals surface area contributed by atoms with Crippen molar-refractivity contribution in [2.75, 3.05) is 5.32 Å². The molecule has 0 saturated carbocycles. The maximum Gasteiger partial charge on any atom is 0.135 e. The van der Waals surface area contributed by atoms with E-state index in [9.17, 15) is 5.11 Å². The molecule has 0 atom stereocenters. The summed E-state index contributed by atoms with van der Waals surface area (Å²) < 4.78 is 0. The highest BCUT2D eigenvalue weighted by molar-refractivity contribution is 5.93. The Bertz CT molecular complexity index is 597. The van der Waals surface area contributed by atoms with Gasteiger partial charge in [0.1, 0.15) is 11.6 Å². The summed E-state index contributed by atoms with van der Waals surface area (Å²) in [6, 6.07) is 7.07. The molecule has 0 unspecified atom stereocenters. The summed E-state index contributed by atoms with van der Waals surface area (Å²) in [5, 5.41) is 14.6. The van der Waals surface area contributed by atoms with Crippen LogP contribution in [-0.4, -0.2) is 15.6 Å². The van der Waals surface area contributed by atoms with E-state index in [-0.39, 0.29) is 5.75 Å². The number of hydrogen-bond acceptors (Lipinski definition) is 3. The van der Waals surface area contributed by atoms with E-state index in [4.69, 9.17) is 6.42 Å². The summed E-state index contributed by atoms with van der Waals surface area (Å²) in [5.41, 5.74) is -0.479. The van der Waals surface area contributed by atoms with Gasteiger partial charge in [-0.25, -0.2) is 4.98 Å². The van der Waals surface area contributed by atoms with Gasteiger partial charge in [-0.05, 0) is 37.4 Å². The Morgan fingerprint density at radius 1 is 1.35 bits per heavy atom. The molecule has 1 aromatic carbocycles. The maximum atomic E-state index is 9.51. The Hall–Kier alpha value is -2.21. The van der Waals surface area contributed by atoms with Gasteiger partial charge in [-0.15, -0.1) is 6.42 Å². The number of pyridine rings is 1. The van der Waals surface area contributed by atoms with Crippen molar-refractivity contribution in [3.63, 3.8) is 0 Å². The molecule has 1 aromatic heterocycles. The molecule has 0 aliphatic carbocycles. The Kier molecular flexibility index (Phi) is 2.64. The van der Waals surface area contributed by atoms with Crippen molar-refractivity contribution in [3.05, 3.63) is 30.5 Å². The van der Waals surface area contributed by atoms with Crippen LogP contribution in [0.4, 0.5) is 5.82 Å². The standard InChI is InChI=1S/C14H14N2O/c1-4-14(2,3)16-13-12-9-11(17)6-5-10(12)7-8-15-13/h1,5-9,17H,2-3H3,(H,15,16). The highest BCUT2D eigenvalue weighted by Gasteiger charge is 2.15. The molecule has 0 bridgehead atoms. The second kappa shape index (κ2) is 3.99. The lowest BCUT2D eigenvalue weighted by Crippen LogP contribution is -2.29. The summed E-state index contributed by atoms with van der Waals surface area (Å²) in [6.45, 7) is 3.80. The molecule has 0 spiro atoms. The van der Waals surface area contributed by atoms with Gasteiger partial charge in [-0.2, -0.15) is 0 Å². The zero-order valence-corrected chi connectivity index (χ0v) is 9.86. The number of aromatic hydroxyl groups is 1. The van der Waals surface area contributed by atoms with Crippen molar-refractivity contribution in [1.82, 2.24) is 4.98 Å². The van der Waals surface area contributed by atoms with Crippen LogP contribution in [-0.2, 0) is 0 Å².